The van der Waals surface area contributed by atoms with Crippen molar-refractivity contribution in [3.63, 3.8) is 0 Å². The number of ether oxygens (including phenoxy) is 1. The lowest BCUT2D eigenvalue weighted by atomic mass is 10.0. The molecule has 5 heteroatoms. The molecule has 17 heavy (non-hydrogen) atoms. The van der Waals surface area contributed by atoms with Gasteiger partial charge in [-0.05, 0) is 24.6 Å². The highest BCUT2D eigenvalue weighted by Gasteiger charge is 2.24. The minimum absolute atomic E-state index is 0.308. The lowest BCUT2D eigenvalue weighted by molar-refractivity contribution is 0.392. The molecule has 0 fully saturated rings. The maximum absolute atomic E-state index is 11.4. The zero-order valence-corrected chi connectivity index (χ0v) is 9.19. The van der Waals surface area contributed by atoms with Crippen molar-refractivity contribution in [1.82, 2.24) is 0 Å². The Labute approximate surface area is 96.5 Å². The van der Waals surface area contributed by atoms with E-state index in [4.69, 9.17) is 15.0 Å². The molecule has 0 amide bonds. The highest BCUT2D eigenvalue weighted by molar-refractivity contribution is 6.14. The summed E-state index contributed by atoms with van der Waals surface area (Å²) in [7, 11) is 0. The van der Waals surface area contributed by atoms with Gasteiger partial charge in [0.1, 0.15) is 18.1 Å². The number of hydrogen-bond donors (Lipinski definition) is 1. The molecular formula is C12H10N2O3. The Kier molecular flexibility index (Phi) is 1.95. The van der Waals surface area contributed by atoms with Crippen LogP contribution in [0.15, 0.2) is 32.5 Å². The predicted octanol–water partition coefficient (Wildman–Crippen LogP) is 1.16. The van der Waals surface area contributed by atoms with Gasteiger partial charge in [0.15, 0.2) is 5.58 Å². The average molecular weight is 230 g/mol. The Balaban J connectivity index is 2.50. The highest BCUT2D eigenvalue weighted by atomic mass is 16.5. The molecule has 0 atom stereocenters. The molecule has 0 saturated carbocycles. The molecule has 1 aromatic heterocycles. The van der Waals surface area contributed by atoms with Crippen molar-refractivity contribution >= 4 is 16.7 Å². The van der Waals surface area contributed by atoms with Gasteiger partial charge in [-0.25, -0.2) is 4.79 Å². The Morgan fingerprint density at radius 3 is 3.00 bits per heavy atom. The van der Waals surface area contributed by atoms with Crippen LogP contribution in [0.4, 0.5) is 0 Å². The number of hydrazone groups is 1. The second-order valence-electron chi connectivity index (χ2n) is 3.93. The van der Waals surface area contributed by atoms with Crippen molar-refractivity contribution in [2.24, 2.45) is 10.9 Å². The number of nitrogens with two attached hydrogens (primary N) is 1. The summed E-state index contributed by atoms with van der Waals surface area (Å²) >= 11 is 0. The van der Waals surface area contributed by atoms with E-state index in [1.54, 1.807) is 0 Å². The normalized spacial score (nSPS) is 16.2. The first-order valence-corrected chi connectivity index (χ1v) is 5.18. The molecule has 0 bridgehead atoms. The zero-order valence-electron chi connectivity index (χ0n) is 9.19. The number of benzene rings is 1. The van der Waals surface area contributed by atoms with Crippen LogP contribution in [-0.4, -0.2) is 12.3 Å². The molecule has 2 heterocycles. The van der Waals surface area contributed by atoms with E-state index in [1.165, 1.54) is 6.07 Å². The third-order valence-electron chi connectivity index (χ3n) is 2.89. The first kappa shape index (κ1) is 9.89. The summed E-state index contributed by atoms with van der Waals surface area (Å²) < 4.78 is 10.7. The molecule has 0 aliphatic carbocycles. The summed E-state index contributed by atoms with van der Waals surface area (Å²) in [5, 5.41) is 4.54. The summed E-state index contributed by atoms with van der Waals surface area (Å²) in [4.78, 5) is 11.4. The van der Waals surface area contributed by atoms with Gasteiger partial charge < -0.3 is 15.0 Å². The SMILES string of the molecule is Cc1cc(=O)oc2c3c(ccc12)OC/C3=N/N. The third-order valence-corrected chi connectivity index (χ3v) is 2.89. The van der Waals surface area contributed by atoms with Crippen LogP contribution >= 0.6 is 0 Å². The summed E-state index contributed by atoms with van der Waals surface area (Å²) in [6.45, 7) is 2.17. The van der Waals surface area contributed by atoms with Crippen LogP contribution in [-0.2, 0) is 0 Å². The molecule has 5 nitrogen and oxygen atoms in total. The minimum atomic E-state index is -0.383. The van der Waals surface area contributed by atoms with Crippen molar-refractivity contribution in [1.29, 1.82) is 0 Å². The van der Waals surface area contributed by atoms with Crippen molar-refractivity contribution in [3.05, 3.63) is 39.7 Å². The number of nitrogens with zero attached hydrogens (tertiary/aromatic N) is 1. The van der Waals surface area contributed by atoms with Crippen molar-refractivity contribution in [3.8, 4) is 5.75 Å². The van der Waals surface area contributed by atoms with Crippen LogP contribution in [0.3, 0.4) is 0 Å². The lowest BCUT2D eigenvalue weighted by Crippen LogP contribution is -2.07. The fourth-order valence-electron chi connectivity index (χ4n) is 2.08. The van der Waals surface area contributed by atoms with E-state index in [9.17, 15) is 4.79 Å². The summed E-state index contributed by atoms with van der Waals surface area (Å²) in [5.41, 5.74) is 2.26. The highest BCUT2D eigenvalue weighted by Crippen LogP contribution is 2.33. The molecule has 3 rings (SSSR count). The predicted molar refractivity (Wildman–Crippen MR) is 63.4 cm³/mol. The van der Waals surface area contributed by atoms with Crippen LogP contribution in [0.1, 0.15) is 11.1 Å². The summed E-state index contributed by atoms with van der Waals surface area (Å²) in [6, 6.07) is 5.17. The number of fused-ring (bicyclic) bond motifs is 3. The van der Waals surface area contributed by atoms with E-state index >= 15 is 0 Å². The molecule has 0 radical (unpaired) electrons. The van der Waals surface area contributed by atoms with Gasteiger partial charge in [-0.15, -0.1) is 0 Å². The number of aryl methyl sites for hydroxylation is 1. The van der Waals surface area contributed by atoms with Crippen LogP contribution in [0.2, 0.25) is 0 Å². The average Bonchev–Trinajstić information content (AvgIpc) is 2.71. The Morgan fingerprint density at radius 2 is 2.24 bits per heavy atom. The van der Waals surface area contributed by atoms with Crippen LogP contribution in [0.25, 0.3) is 11.0 Å². The number of hydrogen-bond acceptors (Lipinski definition) is 5. The first-order valence-electron chi connectivity index (χ1n) is 5.18. The molecule has 2 N–H and O–H groups in total. The second-order valence-corrected chi connectivity index (χ2v) is 3.93. The van der Waals surface area contributed by atoms with E-state index in [1.807, 2.05) is 19.1 Å². The van der Waals surface area contributed by atoms with Gasteiger partial charge in [-0.3, -0.25) is 0 Å². The molecule has 1 aliphatic rings. The van der Waals surface area contributed by atoms with E-state index in [0.717, 1.165) is 10.9 Å². The van der Waals surface area contributed by atoms with Crippen LogP contribution < -0.4 is 16.2 Å². The van der Waals surface area contributed by atoms with E-state index in [0.29, 0.717) is 29.2 Å². The molecular weight excluding hydrogens is 220 g/mol. The monoisotopic (exact) mass is 230 g/mol. The van der Waals surface area contributed by atoms with Gasteiger partial charge in [0.25, 0.3) is 0 Å². The molecule has 1 aliphatic heterocycles. The summed E-state index contributed by atoms with van der Waals surface area (Å²) in [5.74, 6) is 5.95. The van der Waals surface area contributed by atoms with E-state index < -0.39 is 0 Å². The standard InChI is InChI=1S/C12H10N2O3/c1-6-4-10(15)17-12-7(6)2-3-9-11(12)8(14-13)5-16-9/h2-4H,5,13H2,1H3/b14-8-. The maximum Gasteiger partial charge on any atom is 0.336 e. The maximum atomic E-state index is 11.4. The zero-order chi connectivity index (χ0) is 12.0. The fraction of sp³-hybridized carbons (Fsp3) is 0.167. The van der Waals surface area contributed by atoms with E-state index in [2.05, 4.69) is 5.10 Å². The van der Waals surface area contributed by atoms with Gasteiger partial charge in [0.05, 0.1) is 5.56 Å². The van der Waals surface area contributed by atoms with E-state index in [-0.39, 0.29) is 5.63 Å². The topological polar surface area (TPSA) is 77.8 Å². The largest absolute Gasteiger partial charge is 0.486 e. The van der Waals surface area contributed by atoms with Gasteiger partial charge >= 0.3 is 5.63 Å². The Morgan fingerprint density at radius 1 is 1.41 bits per heavy atom. The molecule has 0 spiro atoms. The van der Waals surface area contributed by atoms with Crippen molar-refractivity contribution in [2.45, 2.75) is 6.92 Å². The Hall–Kier alpha value is -2.30. The first-order chi connectivity index (χ1) is 8.20. The molecule has 0 saturated heterocycles. The molecule has 86 valence electrons. The minimum Gasteiger partial charge on any atom is -0.486 e. The molecule has 1 aromatic carbocycles. The van der Waals surface area contributed by atoms with Crippen LogP contribution in [0.5, 0.6) is 5.75 Å². The molecule has 0 unspecified atom stereocenters. The second kappa shape index (κ2) is 3.35. The quantitative estimate of drug-likeness (QED) is 0.418. The van der Waals surface area contributed by atoms with Crippen molar-refractivity contribution < 1.29 is 9.15 Å². The third kappa shape index (κ3) is 1.32. The Bertz CT molecular complexity index is 701. The summed E-state index contributed by atoms with van der Waals surface area (Å²) in [6.07, 6.45) is 0. The van der Waals surface area contributed by atoms with Crippen molar-refractivity contribution in [2.75, 3.05) is 6.61 Å². The lowest BCUT2D eigenvalue weighted by Gasteiger charge is -2.04. The smallest absolute Gasteiger partial charge is 0.336 e. The van der Waals surface area contributed by atoms with Gasteiger partial charge in [-0.1, -0.05) is 0 Å². The fourth-order valence-corrected chi connectivity index (χ4v) is 2.08. The van der Waals surface area contributed by atoms with Gasteiger partial charge in [0.2, 0.25) is 0 Å². The van der Waals surface area contributed by atoms with Gasteiger partial charge in [0, 0.05) is 11.5 Å². The number of rotatable bonds is 0. The molecule has 2 aromatic rings. The van der Waals surface area contributed by atoms with Gasteiger partial charge in [-0.2, -0.15) is 5.10 Å². The van der Waals surface area contributed by atoms with Crippen LogP contribution in [0, 0.1) is 6.92 Å².